The summed E-state index contributed by atoms with van der Waals surface area (Å²) < 4.78 is 0. The highest BCUT2D eigenvalue weighted by Gasteiger charge is 2.41. The van der Waals surface area contributed by atoms with Crippen molar-refractivity contribution in [3.8, 4) is 0 Å². The van der Waals surface area contributed by atoms with Gasteiger partial charge in [0, 0.05) is 12.2 Å². The van der Waals surface area contributed by atoms with Gasteiger partial charge in [-0.25, -0.2) is 4.98 Å². The van der Waals surface area contributed by atoms with Gasteiger partial charge >= 0.3 is 0 Å². The predicted octanol–water partition coefficient (Wildman–Crippen LogP) is 3.56. The Morgan fingerprint density at radius 3 is 2.94 bits per heavy atom. The van der Waals surface area contributed by atoms with E-state index in [1.54, 1.807) is 0 Å². The average molecular weight is 230 g/mol. The van der Waals surface area contributed by atoms with Gasteiger partial charge in [-0.2, -0.15) is 0 Å². The van der Waals surface area contributed by atoms with Crippen LogP contribution in [-0.2, 0) is 12.8 Å². The minimum absolute atomic E-state index is 0.607. The van der Waals surface area contributed by atoms with Crippen molar-refractivity contribution in [2.45, 2.75) is 51.9 Å². The van der Waals surface area contributed by atoms with E-state index in [0.717, 1.165) is 12.4 Å². The van der Waals surface area contributed by atoms with Crippen LogP contribution in [0.2, 0.25) is 0 Å². The number of rotatable bonds is 5. The van der Waals surface area contributed by atoms with Gasteiger partial charge in [-0.1, -0.05) is 19.4 Å². The van der Waals surface area contributed by atoms with Crippen LogP contribution in [0.15, 0.2) is 12.1 Å². The first kappa shape index (κ1) is 11.1. The Morgan fingerprint density at radius 1 is 1.29 bits per heavy atom. The van der Waals surface area contributed by atoms with E-state index in [-0.39, 0.29) is 0 Å². The molecule has 92 valence electrons. The Labute approximate surface area is 104 Å². The monoisotopic (exact) mass is 230 g/mol. The van der Waals surface area contributed by atoms with Gasteiger partial charge in [-0.05, 0) is 55.6 Å². The lowest BCUT2D eigenvalue weighted by atomic mass is 10.0. The van der Waals surface area contributed by atoms with E-state index in [9.17, 15) is 0 Å². The third kappa shape index (κ3) is 2.31. The van der Waals surface area contributed by atoms with E-state index in [1.165, 1.54) is 56.2 Å². The number of pyridine rings is 1. The lowest BCUT2D eigenvalue weighted by Crippen LogP contribution is -2.16. The molecule has 1 aromatic heterocycles. The molecule has 2 aliphatic rings. The van der Waals surface area contributed by atoms with Crippen LogP contribution >= 0.6 is 0 Å². The second-order valence-corrected chi connectivity index (χ2v) is 5.76. The number of anilines is 1. The van der Waals surface area contributed by atoms with E-state index in [1.807, 2.05) is 0 Å². The van der Waals surface area contributed by atoms with Gasteiger partial charge in [0.2, 0.25) is 0 Å². The molecular weight excluding hydrogens is 208 g/mol. The summed E-state index contributed by atoms with van der Waals surface area (Å²) in [6, 6.07) is 4.42. The SMILES string of the molecule is CCCC1(CNc2ccc3c(n2)CCC3)CC1. The summed E-state index contributed by atoms with van der Waals surface area (Å²) in [6.45, 7) is 3.40. The molecule has 1 aromatic rings. The van der Waals surface area contributed by atoms with Crippen LogP contribution in [0.5, 0.6) is 0 Å². The van der Waals surface area contributed by atoms with Crippen molar-refractivity contribution in [2.75, 3.05) is 11.9 Å². The molecule has 1 heterocycles. The largest absolute Gasteiger partial charge is 0.370 e. The number of nitrogens with one attached hydrogen (secondary N) is 1. The Hall–Kier alpha value is -1.05. The second-order valence-electron chi connectivity index (χ2n) is 5.76. The van der Waals surface area contributed by atoms with Crippen molar-refractivity contribution in [3.05, 3.63) is 23.4 Å². The zero-order valence-electron chi connectivity index (χ0n) is 10.8. The van der Waals surface area contributed by atoms with E-state index in [2.05, 4.69) is 24.4 Å². The molecule has 3 rings (SSSR count). The van der Waals surface area contributed by atoms with Gasteiger partial charge in [0.15, 0.2) is 0 Å². The Morgan fingerprint density at radius 2 is 2.18 bits per heavy atom. The zero-order chi connectivity index (χ0) is 11.7. The summed E-state index contributed by atoms with van der Waals surface area (Å²) in [5.74, 6) is 1.09. The predicted molar refractivity (Wildman–Crippen MR) is 71.3 cm³/mol. The Bertz CT molecular complexity index is 407. The number of nitrogens with zero attached hydrogens (tertiary/aromatic N) is 1. The quantitative estimate of drug-likeness (QED) is 0.836. The average Bonchev–Trinajstić information content (AvgIpc) is 2.95. The van der Waals surface area contributed by atoms with Crippen molar-refractivity contribution in [3.63, 3.8) is 0 Å². The summed E-state index contributed by atoms with van der Waals surface area (Å²) in [7, 11) is 0. The van der Waals surface area contributed by atoms with Gasteiger partial charge in [0.05, 0.1) is 0 Å². The number of hydrogen-bond acceptors (Lipinski definition) is 2. The summed E-state index contributed by atoms with van der Waals surface area (Å²) in [4.78, 5) is 4.73. The molecule has 17 heavy (non-hydrogen) atoms. The van der Waals surface area contributed by atoms with Crippen molar-refractivity contribution in [2.24, 2.45) is 5.41 Å². The number of fused-ring (bicyclic) bond motifs is 1. The Kier molecular flexibility index (Phi) is 2.81. The maximum Gasteiger partial charge on any atom is 0.126 e. The molecule has 1 N–H and O–H groups in total. The van der Waals surface area contributed by atoms with Crippen LogP contribution in [0.3, 0.4) is 0 Å². The molecule has 0 spiro atoms. The van der Waals surface area contributed by atoms with Crippen LogP contribution < -0.4 is 5.32 Å². The number of aromatic nitrogens is 1. The van der Waals surface area contributed by atoms with Crippen molar-refractivity contribution in [1.29, 1.82) is 0 Å². The van der Waals surface area contributed by atoms with Crippen LogP contribution in [0.4, 0.5) is 5.82 Å². The van der Waals surface area contributed by atoms with E-state index in [4.69, 9.17) is 4.98 Å². The van der Waals surface area contributed by atoms with Crippen molar-refractivity contribution >= 4 is 5.82 Å². The topological polar surface area (TPSA) is 24.9 Å². The highest BCUT2D eigenvalue weighted by molar-refractivity contribution is 5.40. The summed E-state index contributed by atoms with van der Waals surface area (Å²) in [6.07, 6.45) is 9.15. The molecule has 0 bridgehead atoms. The summed E-state index contributed by atoms with van der Waals surface area (Å²) in [5.41, 5.74) is 3.40. The molecule has 1 fully saturated rings. The molecule has 2 nitrogen and oxygen atoms in total. The van der Waals surface area contributed by atoms with Crippen LogP contribution in [0.25, 0.3) is 0 Å². The first-order valence-corrected chi connectivity index (χ1v) is 7.04. The van der Waals surface area contributed by atoms with Gasteiger partial charge in [0.1, 0.15) is 5.82 Å². The molecule has 1 saturated carbocycles. The molecular formula is C15H22N2. The first-order valence-electron chi connectivity index (χ1n) is 7.04. The van der Waals surface area contributed by atoms with Crippen LogP contribution in [-0.4, -0.2) is 11.5 Å². The van der Waals surface area contributed by atoms with E-state index in [0.29, 0.717) is 5.41 Å². The molecule has 2 heteroatoms. The highest BCUT2D eigenvalue weighted by atomic mass is 15.0. The van der Waals surface area contributed by atoms with Crippen LogP contribution in [0.1, 0.15) is 50.3 Å². The lowest BCUT2D eigenvalue weighted by molar-refractivity contribution is 0.485. The molecule has 0 amide bonds. The maximum absolute atomic E-state index is 4.73. The standard InChI is InChI=1S/C15H22N2/c1-2-8-15(9-10-15)11-16-14-7-6-12-4-3-5-13(12)17-14/h6-7H,2-5,8-11H2,1H3,(H,16,17). The lowest BCUT2D eigenvalue weighted by Gasteiger charge is -2.15. The molecule has 0 aliphatic heterocycles. The van der Waals surface area contributed by atoms with Gasteiger partial charge in [-0.3, -0.25) is 0 Å². The smallest absolute Gasteiger partial charge is 0.126 e. The molecule has 0 radical (unpaired) electrons. The fourth-order valence-corrected chi connectivity index (χ4v) is 3.02. The minimum Gasteiger partial charge on any atom is -0.370 e. The molecule has 0 saturated heterocycles. The van der Waals surface area contributed by atoms with E-state index >= 15 is 0 Å². The summed E-state index contributed by atoms with van der Waals surface area (Å²) in [5, 5.41) is 3.55. The van der Waals surface area contributed by atoms with E-state index < -0.39 is 0 Å². The van der Waals surface area contributed by atoms with Crippen LogP contribution in [0, 0.1) is 5.41 Å². The molecule has 2 aliphatic carbocycles. The van der Waals surface area contributed by atoms with Gasteiger partial charge in [-0.15, -0.1) is 0 Å². The van der Waals surface area contributed by atoms with Crippen molar-refractivity contribution in [1.82, 2.24) is 4.98 Å². The number of aryl methyl sites for hydroxylation is 2. The first-order chi connectivity index (χ1) is 8.31. The third-order valence-corrected chi connectivity index (χ3v) is 4.31. The zero-order valence-corrected chi connectivity index (χ0v) is 10.8. The maximum atomic E-state index is 4.73. The van der Waals surface area contributed by atoms with Gasteiger partial charge in [0.25, 0.3) is 0 Å². The second kappa shape index (κ2) is 4.32. The van der Waals surface area contributed by atoms with Gasteiger partial charge < -0.3 is 5.32 Å². The fourth-order valence-electron chi connectivity index (χ4n) is 3.02. The minimum atomic E-state index is 0.607. The molecule has 0 unspecified atom stereocenters. The molecule has 0 aromatic carbocycles. The third-order valence-electron chi connectivity index (χ3n) is 4.31. The van der Waals surface area contributed by atoms with Crippen molar-refractivity contribution < 1.29 is 0 Å². The fraction of sp³-hybridized carbons (Fsp3) is 0.667. The number of hydrogen-bond donors (Lipinski definition) is 1. The molecule has 0 atom stereocenters. The summed E-state index contributed by atoms with van der Waals surface area (Å²) >= 11 is 0. The normalized spacial score (nSPS) is 20.1. The highest BCUT2D eigenvalue weighted by Crippen LogP contribution is 2.49. The Balaban J connectivity index is 1.62.